The maximum Gasteiger partial charge on any atom is 0.250 e. The van der Waals surface area contributed by atoms with Crippen molar-refractivity contribution in [3.05, 3.63) is 88.4 Å². The van der Waals surface area contributed by atoms with Gasteiger partial charge in [-0.15, -0.1) is 10.2 Å². The molecule has 178 valence electrons. The molecule has 0 aliphatic carbocycles. The molecular weight excluding hydrogens is 526 g/mol. The van der Waals surface area contributed by atoms with Crippen LogP contribution in [0.4, 0.5) is 0 Å². The fourth-order valence-electron chi connectivity index (χ4n) is 3.30. The molecule has 0 bridgehead atoms. The topological polar surface area (TPSA) is 81.4 Å². The Bertz CT molecular complexity index is 1350. The minimum absolute atomic E-state index is 0.141. The number of nitrogens with zero attached hydrogens (tertiary/aromatic N) is 4. The second-order valence-corrected chi connectivity index (χ2v) is 9.60. The average molecular weight is 550 g/mol. The molecule has 4 aromatic rings. The number of carbonyl (C=O) groups excluding carboxylic acids is 1. The predicted octanol–water partition coefficient (Wildman–Crippen LogP) is 5.65. The summed E-state index contributed by atoms with van der Waals surface area (Å²) < 4.78 is 8.18. The van der Waals surface area contributed by atoms with Gasteiger partial charge in [0.15, 0.2) is 11.0 Å². The number of hydrogen-bond donors (Lipinski definition) is 1. The van der Waals surface area contributed by atoms with E-state index in [0.29, 0.717) is 16.7 Å². The van der Waals surface area contributed by atoms with Crippen LogP contribution in [0.1, 0.15) is 18.1 Å². The largest absolute Gasteiger partial charge is 0.497 e. The number of aryl methyl sites for hydroxylation is 1. The molecule has 0 saturated carbocycles. The third kappa shape index (κ3) is 6.17. The molecule has 0 saturated heterocycles. The molecule has 0 radical (unpaired) electrons. The second kappa shape index (κ2) is 11.3. The van der Waals surface area contributed by atoms with Gasteiger partial charge in [-0.2, -0.15) is 5.10 Å². The number of nitrogens with one attached hydrogen (secondary N) is 1. The van der Waals surface area contributed by atoms with Gasteiger partial charge in [0.25, 0.3) is 5.91 Å². The van der Waals surface area contributed by atoms with E-state index >= 15 is 0 Å². The summed E-state index contributed by atoms with van der Waals surface area (Å²) in [7, 11) is 1.63. The summed E-state index contributed by atoms with van der Waals surface area (Å²) in [6.45, 7) is 3.89. The maximum absolute atomic E-state index is 12.5. The van der Waals surface area contributed by atoms with Crippen LogP contribution in [0.15, 0.2) is 87.5 Å². The minimum Gasteiger partial charge on any atom is -0.497 e. The lowest BCUT2D eigenvalue weighted by Crippen LogP contribution is -2.21. The first-order valence-electron chi connectivity index (χ1n) is 10.8. The van der Waals surface area contributed by atoms with E-state index in [0.717, 1.165) is 32.6 Å². The van der Waals surface area contributed by atoms with Crippen LogP contribution >= 0.6 is 27.7 Å². The standard InChI is InChI=1S/C26H24BrN5O2S/c1-17-7-11-22(12-8-17)32-25(19-9-13-23(34-3)14-10-19)30-31-26(32)35-16-24(33)29-28-18(2)20-5-4-6-21(27)15-20/h4-15H,16H2,1-3H3,(H,29,33). The molecule has 0 aliphatic heterocycles. The van der Waals surface area contributed by atoms with Crippen LogP contribution in [0.2, 0.25) is 0 Å². The van der Waals surface area contributed by atoms with Crippen molar-refractivity contribution in [1.29, 1.82) is 0 Å². The van der Waals surface area contributed by atoms with Crippen LogP contribution < -0.4 is 10.2 Å². The Morgan fingerprint density at radius 2 is 1.83 bits per heavy atom. The van der Waals surface area contributed by atoms with Gasteiger partial charge in [-0.25, -0.2) is 5.43 Å². The van der Waals surface area contributed by atoms with E-state index in [2.05, 4.69) is 36.7 Å². The third-order valence-corrected chi connectivity index (χ3v) is 6.62. The number of rotatable bonds is 8. The highest BCUT2D eigenvalue weighted by Gasteiger charge is 2.17. The van der Waals surface area contributed by atoms with Crippen molar-refractivity contribution >= 4 is 39.3 Å². The lowest BCUT2D eigenvalue weighted by atomic mass is 10.1. The number of carbonyl (C=O) groups is 1. The minimum atomic E-state index is -0.228. The summed E-state index contributed by atoms with van der Waals surface area (Å²) in [5.41, 5.74) is 7.23. The number of aromatic nitrogens is 3. The molecule has 0 unspecified atom stereocenters. The Balaban J connectivity index is 1.54. The van der Waals surface area contributed by atoms with Gasteiger partial charge in [0.1, 0.15) is 5.75 Å². The molecule has 1 heterocycles. The van der Waals surface area contributed by atoms with Crippen molar-refractivity contribution in [1.82, 2.24) is 20.2 Å². The SMILES string of the molecule is COc1ccc(-c2nnc(SCC(=O)NN=C(C)c3cccc(Br)c3)n2-c2ccc(C)cc2)cc1. The van der Waals surface area contributed by atoms with Crippen molar-refractivity contribution in [3.8, 4) is 22.8 Å². The van der Waals surface area contributed by atoms with Gasteiger partial charge in [-0.1, -0.05) is 57.5 Å². The number of halogens is 1. The van der Waals surface area contributed by atoms with Crippen molar-refractivity contribution in [2.45, 2.75) is 19.0 Å². The quantitative estimate of drug-likeness (QED) is 0.174. The Morgan fingerprint density at radius 3 is 2.51 bits per heavy atom. The molecule has 1 aromatic heterocycles. The van der Waals surface area contributed by atoms with E-state index < -0.39 is 0 Å². The number of thioether (sulfide) groups is 1. The number of hydrazone groups is 1. The van der Waals surface area contributed by atoms with Crippen LogP contribution in [0, 0.1) is 6.92 Å². The van der Waals surface area contributed by atoms with E-state index in [1.165, 1.54) is 11.8 Å². The van der Waals surface area contributed by atoms with Crippen LogP contribution in [-0.2, 0) is 4.79 Å². The molecule has 9 heteroatoms. The smallest absolute Gasteiger partial charge is 0.250 e. The fourth-order valence-corrected chi connectivity index (χ4v) is 4.45. The number of amides is 1. The molecule has 1 N–H and O–H groups in total. The molecule has 3 aromatic carbocycles. The van der Waals surface area contributed by atoms with Gasteiger partial charge in [-0.3, -0.25) is 9.36 Å². The highest BCUT2D eigenvalue weighted by atomic mass is 79.9. The monoisotopic (exact) mass is 549 g/mol. The predicted molar refractivity (Wildman–Crippen MR) is 143 cm³/mol. The van der Waals surface area contributed by atoms with E-state index in [9.17, 15) is 4.79 Å². The number of hydrogen-bond acceptors (Lipinski definition) is 6. The van der Waals surface area contributed by atoms with Crippen LogP contribution in [-0.4, -0.2) is 39.2 Å². The zero-order chi connectivity index (χ0) is 24.8. The summed E-state index contributed by atoms with van der Waals surface area (Å²) in [4.78, 5) is 12.5. The Hall–Kier alpha value is -3.43. The van der Waals surface area contributed by atoms with Crippen molar-refractivity contribution in [3.63, 3.8) is 0 Å². The van der Waals surface area contributed by atoms with Crippen molar-refractivity contribution in [2.75, 3.05) is 12.9 Å². The lowest BCUT2D eigenvalue weighted by molar-refractivity contribution is -0.118. The molecule has 0 spiro atoms. The first-order chi connectivity index (χ1) is 16.9. The lowest BCUT2D eigenvalue weighted by Gasteiger charge is -2.11. The van der Waals surface area contributed by atoms with E-state index in [1.807, 2.05) is 91.2 Å². The first-order valence-corrected chi connectivity index (χ1v) is 12.6. The van der Waals surface area contributed by atoms with Crippen LogP contribution in [0.3, 0.4) is 0 Å². The van der Waals surface area contributed by atoms with Gasteiger partial charge >= 0.3 is 0 Å². The van der Waals surface area contributed by atoms with Crippen LogP contribution in [0.5, 0.6) is 5.75 Å². The summed E-state index contributed by atoms with van der Waals surface area (Å²) in [5, 5.41) is 13.7. The summed E-state index contributed by atoms with van der Waals surface area (Å²) >= 11 is 4.75. The van der Waals surface area contributed by atoms with Crippen LogP contribution in [0.25, 0.3) is 17.1 Å². The average Bonchev–Trinajstić information content (AvgIpc) is 3.30. The fraction of sp³-hybridized carbons (Fsp3) is 0.154. The first kappa shape index (κ1) is 24.7. The normalized spacial score (nSPS) is 11.4. The second-order valence-electron chi connectivity index (χ2n) is 7.74. The molecular formula is C26H24BrN5O2S. The molecule has 4 rings (SSSR count). The molecule has 1 amide bonds. The van der Waals surface area contributed by atoms with Gasteiger partial charge in [-0.05, 0) is 67.9 Å². The number of benzene rings is 3. The number of methoxy groups -OCH3 is 1. The van der Waals surface area contributed by atoms with Gasteiger partial charge < -0.3 is 4.74 Å². The highest BCUT2D eigenvalue weighted by Crippen LogP contribution is 2.29. The molecule has 35 heavy (non-hydrogen) atoms. The van der Waals surface area contributed by atoms with E-state index in [4.69, 9.17) is 4.74 Å². The van der Waals surface area contributed by atoms with E-state index in [-0.39, 0.29) is 11.7 Å². The maximum atomic E-state index is 12.5. The van der Waals surface area contributed by atoms with Crippen molar-refractivity contribution < 1.29 is 9.53 Å². The molecule has 7 nitrogen and oxygen atoms in total. The Kier molecular flexibility index (Phi) is 7.99. The molecule has 0 fully saturated rings. The number of ether oxygens (including phenoxy) is 1. The molecule has 0 aliphatic rings. The van der Waals surface area contributed by atoms with Gasteiger partial charge in [0.2, 0.25) is 0 Å². The highest BCUT2D eigenvalue weighted by molar-refractivity contribution is 9.10. The zero-order valence-corrected chi connectivity index (χ0v) is 21.9. The Morgan fingerprint density at radius 1 is 1.09 bits per heavy atom. The van der Waals surface area contributed by atoms with Gasteiger partial charge in [0.05, 0.1) is 18.6 Å². The summed E-state index contributed by atoms with van der Waals surface area (Å²) in [6, 6.07) is 23.5. The molecule has 0 atom stereocenters. The van der Waals surface area contributed by atoms with E-state index in [1.54, 1.807) is 7.11 Å². The van der Waals surface area contributed by atoms with Gasteiger partial charge in [0, 0.05) is 15.7 Å². The Labute approximate surface area is 216 Å². The third-order valence-electron chi connectivity index (χ3n) is 5.20. The summed E-state index contributed by atoms with van der Waals surface area (Å²) in [5.74, 6) is 1.36. The zero-order valence-electron chi connectivity index (χ0n) is 19.5. The summed E-state index contributed by atoms with van der Waals surface area (Å²) in [6.07, 6.45) is 0. The van der Waals surface area contributed by atoms with Crippen molar-refractivity contribution in [2.24, 2.45) is 5.10 Å².